The van der Waals surface area contributed by atoms with Gasteiger partial charge in [-0.1, -0.05) is 0 Å². The number of nitrogens with zero attached hydrogens (tertiary/aromatic N) is 2. The van der Waals surface area contributed by atoms with E-state index in [1.807, 2.05) is 22.0 Å². The van der Waals surface area contributed by atoms with Crippen molar-refractivity contribution in [3.63, 3.8) is 0 Å². The highest BCUT2D eigenvalue weighted by atomic mass is 32.2. The molecule has 1 aliphatic heterocycles. The van der Waals surface area contributed by atoms with Crippen molar-refractivity contribution in [2.75, 3.05) is 30.3 Å². The van der Waals surface area contributed by atoms with Crippen LogP contribution >= 0.6 is 23.1 Å². The van der Waals surface area contributed by atoms with Gasteiger partial charge >= 0.3 is 0 Å². The fraction of sp³-hybridized carbons (Fsp3) is 0.556. The Morgan fingerprint density at radius 2 is 2.27 bits per heavy atom. The van der Waals surface area contributed by atoms with Gasteiger partial charge in [-0.05, 0) is 0 Å². The molecule has 82 valence electrons. The van der Waals surface area contributed by atoms with E-state index < -0.39 is 0 Å². The highest BCUT2D eigenvalue weighted by Gasteiger charge is 2.17. The zero-order chi connectivity index (χ0) is 10.7. The van der Waals surface area contributed by atoms with Crippen LogP contribution in [0.4, 0.5) is 5.13 Å². The zero-order valence-electron chi connectivity index (χ0n) is 8.31. The van der Waals surface area contributed by atoms with Gasteiger partial charge in [0.25, 0.3) is 0 Å². The normalized spacial score (nSPS) is 16.7. The Morgan fingerprint density at radius 3 is 2.87 bits per heavy atom. The summed E-state index contributed by atoms with van der Waals surface area (Å²) < 4.78 is 0. The molecule has 1 saturated heterocycles. The molecule has 0 atom stereocenters. The van der Waals surface area contributed by atoms with Crippen LogP contribution in [0.1, 0.15) is 5.69 Å². The molecule has 2 rings (SSSR count). The average Bonchev–Trinajstić information content (AvgIpc) is 2.65. The highest BCUT2D eigenvalue weighted by molar-refractivity contribution is 7.99. The number of thiazole rings is 1. The molecule has 0 spiro atoms. The average molecular weight is 243 g/mol. The van der Waals surface area contributed by atoms with E-state index in [1.165, 1.54) is 11.3 Å². The Morgan fingerprint density at radius 1 is 1.53 bits per heavy atom. The maximum atomic E-state index is 11.8. The van der Waals surface area contributed by atoms with Gasteiger partial charge in [0.2, 0.25) is 5.91 Å². The Bertz CT molecular complexity index is 347. The summed E-state index contributed by atoms with van der Waals surface area (Å²) in [6, 6.07) is 0. The summed E-state index contributed by atoms with van der Waals surface area (Å²) in [6.07, 6.45) is 0.387. The molecule has 0 radical (unpaired) electrons. The lowest BCUT2D eigenvalue weighted by molar-refractivity contribution is -0.130. The fourth-order valence-corrected chi connectivity index (χ4v) is 2.95. The number of carbonyl (C=O) groups excluding carboxylic acids is 1. The zero-order valence-corrected chi connectivity index (χ0v) is 9.94. The lowest BCUT2D eigenvalue weighted by Gasteiger charge is -2.26. The summed E-state index contributed by atoms with van der Waals surface area (Å²) in [6.45, 7) is 1.73. The second-order valence-corrected chi connectivity index (χ2v) is 5.46. The third kappa shape index (κ3) is 2.85. The first-order valence-corrected chi connectivity index (χ1v) is 6.84. The Labute approximate surface area is 96.9 Å². The van der Waals surface area contributed by atoms with Gasteiger partial charge in [-0.25, -0.2) is 4.98 Å². The number of hydrogen-bond acceptors (Lipinski definition) is 5. The van der Waals surface area contributed by atoms with E-state index in [-0.39, 0.29) is 5.91 Å². The summed E-state index contributed by atoms with van der Waals surface area (Å²) >= 11 is 3.28. The molecule has 0 bridgehead atoms. The minimum absolute atomic E-state index is 0.167. The summed E-state index contributed by atoms with van der Waals surface area (Å²) in [5.74, 6) is 2.26. The molecule has 1 aliphatic rings. The molecule has 1 aromatic heterocycles. The van der Waals surface area contributed by atoms with Gasteiger partial charge in [0.15, 0.2) is 5.13 Å². The van der Waals surface area contributed by atoms with Gasteiger partial charge in [0.05, 0.1) is 12.1 Å². The second-order valence-electron chi connectivity index (χ2n) is 3.35. The number of hydrogen-bond donors (Lipinski definition) is 1. The van der Waals surface area contributed by atoms with Crippen molar-refractivity contribution in [1.82, 2.24) is 9.88 Å². The minimum Gasteiger partial charge on any atom is -0.375 e. The monoisotopic (exact) mass is 243 g/mol. The lowest BCUT2D eigenvalue weighted by Crippen LogP contribution is -2.38. The molecular weight excluding hydrogens is 230 g/mol. The van der Waals surface area contributed by atoms with Crippen molar-refractivity contribution >= 4 is 34.1 Å². The molecule has 4 nitrogen and oxygen atoms in total. The first-order valence-electron chi connectivity index (χ1n) is 4.81. The van der Waals surface area contributed by atoms with E-state index in [2.05, 4.69) is 4.98 Å². The number of aromatic nitrogens is 1. The van der Waals surface area contributed by atoms with Gasteiger partial charge in [-0.15, -0.1) is 11.3 Å². The number of nitrogen functional groups attached to an aromatic ring is 1. The molecule has 6 heteroatoms. The molecule has 2 N–H and O–H groups in total. The Hall–Kier alpha value is -0.750. The van der Waals surface area contributed by atoms with Crippen LogP contribution < -0.4 is 5.73 Å². The molecule has 2 heterocycles. The molecule has 0 aromatic carbocycles. The number of carbonyl (C=O) groups is 1. The van der Waals surface area contributed by atoms with Crippen LogP contribution in [-0.2, 0) is 11.2 Å². The van der Waals surface area contributed by atoms with Gasteiger partial charge < -0.3 is 10.6 Å². The van der Waals surface area contributed by atoms with E-state index in [4.69, 9.17) is 5.73 Å². The van der Waals surface area contributed by atoms with Crippen LogP contribution in [0, 0.1) is 0 Å². The highest BCUT2D eigenvalue weighted by Crippen LogP contribution is 2.14. The van der Waals surface area contributed by atoms with Crippen molar-refractivity contribution in [2.45, 2.75) is 6.42 Å². The van der Waals surface area contributed by atoms with Crippen LogP contribution in [0.15, 0.2) is 5.38 Å². The lowest BCUT2D eigenvalue weighted by atomic mass is 10.3. The molecule has 1 aromatic rings. The summed E-state index contributed by atoms with van der Waals surface area (Å²) in [5, 5.41) is 2.39. The van der Waals surface area contributed by atoms with Gasteiger partial charge in [0, 0.05) is 30.0 Å². The van der Waals surface area contributed by atoms with Gasteiger partial charge in [-0.3, -0.25) is 4.79 Å². The Kier molecular flexibility index (Phi) is 3.48. The molecule has 1 amide bonds. The molecule has 1 fully saturated rings. The van der Waals surface area contributed by atoms with Crippen molar-refractivity contribution in [3.8, 4) is 0 Å². The molecule has 0 saturated carbocycles. The van der Waals surface area contributed by atoms with Crippen LogP contribution in [0.2, 0.25) is 0 Å². The topological polar surface area (TPSA) is 59.2 Å². The number of thioether (sulfide) groups is 1. The standard InChI is InChI=1S/C9H13N3OS2/c10-9-11-7(6-15-9)5-8(13)12-1-3-14-4-2-12/h6H,1-5H2,(H2,10,11). The molecular formula is C9H13N3OS2. The fourth-order valence-electron chi connectivity index (χ4n) is 1.48. The third-order valence-electron chi connectivity index (χ3n) is 2.27. The van der Waals surface area contributed by atoms with Crippen molar-refractivity contribution in [1.29, 1.82) is 0 Å². The number of nitrogens with two attached hydrogens (primary N) is 1. The quantitative estimate of drug-likeness (QED) is 0.836. The maximum absolute atomic E-state index is 11.8. The van der Waals surface area contributed by atoms with Crippen LogP contribution in [0.25, 0.3) is 0 Å². The van der Waals surface area contributed by atoms with Crippen LogP contribution in [0.5, 0.6) is 0 Å². The summed E-state index contributed by atoms with van der Waals surface area (Å²) in [4.78, 5) is 17.8. The SMILES string of the molecule is Nc1nc(CC(=O)N2CCSCC2)cs1. The Balaban J connectivity index is 1.91. The minimum atomic E-state index is 0.167. The smallest absolute Gasteiger partial charge is 0.228 e. The van der Waals surface area contributed by atoms with Crippen molar-refractivity contribution in [2.24, 2.45) is 0 Å². The molecule has 0 aliphatic carbocycles. The number of anilines is 1. The van der Waals surface area contributed by atoms with Gasteiger partial charge in [-0.2, -0.15) is 11.8 Å². The van der Waals surface area contributed by atoms with E-state index in [9.17, 15) is 4.79 Å². The van der Waals surface area contributed by atoms with Crippen molar-refractivity contribution < 1.29 is 4.79 Å². The predicted molar refractivity (Wildman–Crippen MR) is 64.1 cm³/mol. The number of amides is 1. The summed E-state index contributed by atoms with van der Waals surface area (Å²) in [7, 11) is 0. The van der Waals surface area contributed by atoms with Crippen molar-refractivity contribution in [3.05, 3.63) is 11.1 Å². The third-order valence-corrected chi connectivity index (χ3v) is 3.93. The van der Waals surface area contributed by atoms with E-state index in [0.29, 0.717) is 11.6 Å². The van der Waals surface area contributed by atoms with Crippen LogP contribution in [0.3, 0.4) is 0 Å². The van der Waals surface area contributed by atoms with Gasteiger partial charge in [0.1, 0.15) is 0 Å². The van der Waals surface area contributed by atoms with E-state index in [1.54, 1.807) is 0 Å². The first-order chi connectivity index (χ1) is 7.25. The summed E-state index contributed by atoms with van der Waals surface area (Å²) in [5.41, 5.74) is 6.30. The van der Waals surface area contributed by atoms with Crippen LogP contribution in [-0.4, -0.2) is 40.4 Å². The maximum Gasteiger partial charge on any atom is 0.228 e. The predicted octanol–water partition coefficient (Wildman–Crippen LogP) is 0.843. The largest absolute Gasteiger partial charge is 0.375 e. The van der Waals surface area contributed by atoms with E-state index >= 15 is 0 Å². The number of rotatable bonds is 2. The van der Waals surface area contributed by atoms with E-state index in [0.717, 1.165) is 30.3 Å². The second kappa shape index (κ2) is 4.85. The first kappa shape index (κ1) is 10.8. The molecule has 0 unspecified atom stereocenters. The molecule has 15 heavy (non-hydrogen) atoms.